The quantitative estimate of drug-likeness (QED) is 0.776. The lowest BCUT2D eigenvalue weighted by molar-refractivity contribution is -0.136. The van der Waals surface area contributed by atoms with Gasteiger partial charge in [0.25, 0.3) is 0 Å². The van der Waals surface area contributed by atoms with Crippen LogP contribution < -0.4 is 0 Å². The Morgan fingerprint density at radius 2 is 2.09 bits per heavy atom. The maximum atomic E-state index is 12.8. The number of amides is 2. The lowest BCUT2D eigenvalue weighted by Crippen LogP contribution is -2.44. The fraction of sp³-hybridized carbons (Fsp3) is 0.688. The van der Waals surface area contributed by atoms with Crippen molar-refractivity contribution in [2.24, 2.45) is 13.0 Å². The van der Waals surface area contributed by atoms with Crippen molar-refractivity contribution in [3.63, 3.8) is 0 Å². The summed E-state index contributed by atoms with van der Waals surface area (Å²) in [6, 6.07) is 0. The number of rotatable bonds is 1. The first kappa shape index (κ1) is 15.1. The molecule has 3 heterocycles. The van der Waals surface area contributed by atoms with Crippen LogP contribution in [0.3, 0.4) is 0 Å². The number of aromatic nitrogens is 2. The first-order valence-corrected chi connectivity index (χ1v) is 7.85. The number of likely N-dealkylation sites (tertiary alicyclic amines) is 1. The van der Waals surface area contributed by atoms with E-state index in [1.807, 2.05) is 42.2 Å². The Morgan fingerprint density at radius 3 is 2.73 bits per heavy atom. The third-order valence-electron chi connectivity index (χ3n) is 4.70. The first-order valence-electron chi connectivity index (χ1n) is 7.85. The predicted octanol–water partition coefficient (Wildman–Crippen LogP) is 0.952. The third kappa shape index (κ3) is 2.51. The lowest BCUT2D eigenvalue weighted by atomic mass is 10.0. The van der Waals surface area contributed by atoms with Crippen LogP contribution >= 0.6 is 0 Å². The van der Waals surface area contributed by atoms with Crippen molar-refractivity contribution in [3.8, 4) is 0 Å². The van der Waals surface area contributed by atoms with E-state index >= 15 is 0 Å². The number of hydrogen-bond donors (Lipinski definition) is 0. The van der Waals surface area contributed by atoms with Crippen LogP contribution in [-0.4, -0.2) is 49.8 Å². The van der Waals surface area contributed by atoms with E-state index in [2.05, 4.69) is 4.98 Å². The molecule has 1 fully saturated rings. The average molecular weight is 304 g/mol. The van der Waals surface area contributed by atoms with E-state index in [0.717, 1.165) is 17.8 Å². The maximum Gasteiger partial charge on any atom is 0.228 e. The van der Waals surface area contributed by atoms with Crippen LogP contribution in [-0.2, 0) is 29.6 Å². The molecule has 0 aromatic carbocycles. The lowest BCUT2D eigenvalue weighted by Gasteiger charge is -2.33. The van der Waals surface area contributed by atoms with Crippen LogP contribution in [0, 0.1) is 5.92 Å². The molecule has 0 radical (unpaired) electrons. The molecular weight excluding hydrogens is 280 g/mol. The highest BCUT2D eigenvalue weighted by molar-refractivity contribution is 5.89. The number of carbonyl (C=O) groups excluding carboxylic acids is 2. The van der Waals surface area contributed by atoms with Gasteiger partial charge < -0.3 is 14.4 Å². The molecule has 0 N–H and O–H groups in total. The standard InChI is InChI=1S/C16H24N4O2/c1-16(2,3)20-8-11(7-14(20)21)15(22)19-6-5-12-13(9-19)18(4)10-17-12/h10-11H,5-9H2,1-4H3. The van der Waals surface area contributed by atoms with Gasteiger partial charge in [-0.2, -0.15) is 0 Å². The van der Waals surface area contributed by atoms with Gasteiger partial charge in [-0.3, -0.25) is 9.59 Å². The molecule has 22 heavy (non-hydrogen) atoms. The predicted molar refractivity (Wildman–Crippen MR) is 81.9 cm³/mol. The summed E-state index contributed by atoms with van der Waals surface area (Å²) in [5.41, 5.74) is 1.98. The third-order valence-corrected chi connectivity index (χ3v) is 4.70. The molecule has 1 atom stereocenters. The van der Waals surface area contributed by atoms with E-state index in [1.54, 1.807) is 6.33 Å². The maximum absolute atomic E-state index is 12.8. The average Bonchev–Trinajstić information content (AvgIpc) is 3.01. The van der Waals surface area contributed by atoms with Crippen molar-refractivity contribution >= 4 is 11.8 Å². The van der Waals surface area contributed by atoms with Crippen molar-refractivity contribution in [1.29, 1.82) is 0 Å². The molecule has 2 amide bonds. The van der Waals surface area contributed by atoms with E-state index in [1.165, 1.54) is 0 Å². The largest absolute Gasteiger partial charge is 0.337 e. The van der Waals surface area contributed by atoms with E-state index in [0.29, 0.717) is 26.1 Å². The Morgan fingerprint density at radius 1 is 1.36 bits per heavy atom. The molecule has 120 valence electrons. The van der Waals surface area contributed by atoms with Gasteiger partial charge in [-0.05, 0) is 20.8 Å². The fourth-order valence-electron chi connectivity index (χ4n) is 3.38. The molecule has 0 bridgehead atoms. The highest BCUT2D eigenvalue weighted by Gasteiger charge is 2.41. The van der Waals surface area contributed by atoms with Gasteiger partial charge in [-0.1, -0.05) is 0 Å². The topological polar surface area (TPSA) is 58.4 Å². The minimum atomic E-state index is -0.219. The fourth-order valence-corrected chi connectivity index (χ4v) is 3.38. The molecular formula is C16H24N4O2. The van der Waals surface area contributed by atoms with Gasteiger partial charge in [0.15, 0.2) is 0 Å². The van der Waals surface area contributed by atoms with Crippen LogP contribution in [0.4, 0.5) is 0 Å². The second kappa shape index (κ2) is 5.11. The van der Waals surface area contributed by atoms with Crippen molar-refractivity contribution in [3.05, 3.63) is 17.7 Å². The van der Waals surface area contributed by atoms with Gasteiger partial charge in [0, 0.05) is 38.5 Å². The molecule has 6 heteroatoms. The van der Waals surface area contributed by atoms with Crippen LogP contribution in [0.2, 0.25) is 0 Å². The Bertz CT molecular complexity index is 614. The van der Waals surface area contributed by atoms with Crippen LogP contribution in [0.25, 0.3) is 0 Å². The summed E-state index contributed by atoms with van der Waals surface area (Å²) < 4.78 is 1.98. The molecule has 0 aliphatic carbocycles. The molecule has 0 saturated carbocycles. The highest BCUT2D eigenvalue weighted by atomic mass is 16.2. The number of imidazole rings is 1. The van der Waals surface area contributed by atoms with Gasteiger partial charge in [-0.15, -0.1) is 0 Å². The summed E-state index contributed by atoms with van der Waals surface area (Å²) >= 11 is 0. The molecule has 2 aliphatic rings. The summed E-state index contributed by atoms with van der Waals surface area (Å²) in [6.45, 7) is 7.88. The first-order chi connectivity index (χ1) is 10.3. The molecule has 6 nitrogen and oxygen atoms in total. The minimum absolute atomic E-state index is 0.0871. The monoisotopic (exact) mass is 304 g/mol. The van der Waals surface area contributed by atoms with Gasteiger partial charge >= 0.3 is 0 Å². The van der Waals surface area contributed by atoms with E-state index < -0.39 is 0 Å². The Kier molecular flexibility index (Phi) is 3.50. The molecule has 0 spiro atoms. The molecule has 2 aliphatic heterocycles. The Hall–Kier alpha value is -1.85. The highest BCUT2D eigenvalue weighted by Crippen LogP contribution is 2.28. The van der Waals surface area contributed by atoms with Gasteiger partial charge in [-0.25, -0.2) is 4.98 Å². The van der Waals surface area contributed by atoms with Gasteiger partial charge in [0.2, 0.25) is 11.8 Å². The number of fused-ring (bicyclic) bond motifs is 1. The second-order valence-corrected chi connectivity index (χ2v) is 7.33. The van der Waals surface area contributed by atoms with Gasteiger partial charge in [0.1, 0.15) is 0 Å². The SMILES string of the molecule is Cn1cnc2c1CN(C(=O)C1CC(=O)N(C(C)(C)C)C1)CC2. The second-order valence-electron chi connectivity index (χ2n) is 7.33. The normalized spacial score (nSPS) is 22.2. The van der Waals surface area contributed by atoms with Crippen LogP contribution in [0.1, 0.15) is 38.6 Å². The zero-order valence-corrected chi connectivity index (χ0v) is 13.8. The number of carbonyl (C=O) groups is 2. The molecule has 1 aromatic heterocycles. The number of aryl methyl sites for hydroxylation is 1. The van der Waals surface area contributed by atoms with Crippen molar-refractivity contribution in [2.45, 2.75) is 45.7 Å². The van der Waals surface area contributed by atoms with E-state index in [-0.39, 0.29) is 23.3 Å². The molecule has 3 rings (SSSR count). The smallest absolute Gasteiger partial charge is 0.228 e. The molecule has 1 unspecified atom stereocenters. The zero-order chi connectivity index (χ0) is 16.1. The summed E-state index contributed by atoms with van der Waals surface area (Å²) in [7, 11) is 1.96. The molecule has 1 aromatic rings. The Labute approximate surface area is 131 Å². The Balaban J connectivity index is 1.71. The van der Waals surface area contributed by atoms with Crippen molar-refractivity contribution in [2.75, 3.05) is 13.1 Å². The molecule has 1 saturated heterocycles. The minimum Gasteiger partial charge on any atom is -0.337 e. The van der Waals surface area contributed by atoms with E-state index in [9.17, 15) is 9.59 Å². The summed E-state index contributed by atoms with van der Waals surface area (Å²) in [6.07, 6.45) is 2.94. The summed E-state index contributed by atoms with van der Waals surface area (Å²) in [4.78, 5) is 33.0. The summed E-state index contributed by atoms with van der Waals surface area (Å²) in [5, 5.41) is 0. The van der Waals surface area contributed by atoms with Crippen molar-refractivity contribution in [1.82, 2.24) is 19.4 Å². The summed E-state index contributed by atoms with van der Waals surface area (Å²) in [5.74, 6) is -0.0162. The van der Waals surface area contributed by atoms with Crippen LogP contribution in [0.15, 0.2) is 6.33 Å². The van der Waals surface area contributed by atoms with Crippen LogP contribution in [0.5, 0.6) is 0 Å². The zero-order valence-electron chi connectivity index (χ0n) is 13.8. The van der Waals surface area contributed by atoms with E-state index in [4.69, 9.17) is 0 Å². The number of nitrogens with zero attached hydrogens (tertiary/aromatic N) is 4. The number of hydrogen-bond acceptors (Lipinski definition) is 3. The van der Waals surface area contributed by atoms with Crippen molar-refractivity contribution < 1.29 is 9.59 Å². The van der Waals surface area contributed by atoms with Gasteiger partial charge in [0.05, 0.1) is 30.2 Å².